The Morgan fingerprint density at radius 1 is 1.04 bits per heavy atom. The van der Waals surface area contributed by atoms with Gasteiger partial charge in [0.05, 0.1) is 11.3 Å². The maximum atomic E-state index is 12.6. The summed E-state index contributed by atoms with van der Waals surface area (Å²) in [6.45, 7) is 0. The molecule has 1 unspecified atom stereocenters. The summed E-state index contributed by atoms with van der Waals surface area (Å²) in [5, 5.41) is 3.19. The molecular formula is C16H11F3N4OS. The van der Waals surface area contributed by atoms with Crippen LogP contribution < -0.4 is 16.2 Å². The average molecular weight is 364 g/mol. The number of amidine groups is 1. The molecule has 2 heterocycles. The van der Waals surface area contributed by atoms with Gasteiger partial charge in [-0.1, -0.05) is 18.2 Å². The van der Waals surface area contributed by atoms with E-state index in [2.05, 4.69) is 21.2 Å². The Morgan fingerprint density at radius 3 is 2.48 bits per heavy atom. The highest BCUT2D eigenvalue weighted by molar-refractivity contribution is 8.15. The predicted molar refractivity (Wildman–Crippen MR) is 89.2 cm³/mol. The van der Waals surface area contributed by atoms with E-state index >= 15 is 0 Å². The second-order valence-electron chi connectivity index (χ2n) is 5.49. The molecular weight excluding hydrogens is 353 g/mol. The van der Waals surface area contributed by atoms with Gasteiger partial charge in [0.25, 0.3) is 5.91 Å². The first-order chi connectivity index (χ1) is 11.9. The lowest BCUT2D eigenvalue weighted by Gasteiger charge is -2.17. The fourth-order valence-electron chi connectivity index (χ4n) is 2.69. The molecule has 4 rings (SSSR count). The lowest BCUT2D eigenvalue weighted by molar-refractivity contribution is -0.137. The molecule has 0 aliphatic carbocycles. The monoisotopic (exact) mass is 364 g/mol. The predicted octanol–water partition coefficient (Wildman–Crippen LogP) is 3.34. The second-order valence-corrected chi connectivity index (χ2v) is 6.70. The number of nitrogens with zero attached hydrogens (tertiary/aromatic N) is 1. The molecule has 1 spiro atoms. The fourth-order valence-corrected chi connectivity index (χ4v) is 3.76. The minimum atomic E-state index is -4.39. The fraction of sp³-hybridized carbons (Fsp3) is 0.125. The number of thioether (sulfide) groups is 1. The Labute approximate surface area is 144 Å². The SMILES string of the molecule is O=C1Nc2ccccc2C12NNC(=Nc1ccc(C(F)(F)F)cc1)S2. The number of carbonyl (C=O) groups is 1. The van der Waals surface area contributed by atoms with Crippen molar-refractivity contribution < 1.29 is 18.0 Å². The van der Waals surface area contributed by atoms with Crippen LogP contribution in [-0.4, -0.2) is 11.1 Å². The van der Waals surface area contributed by atoms with Crippen LogP contribution in [0.3, 0.4) is 0 Å². The number of para-hydroxylation sites is 1. The molecule has 1 saturated heterocycles. The number of aliphatic imine (C=N–C) groups is 1. The van der Waals surface area contributed by atoms with Crippen LogP contribution in [0.5, 0.6) is 0 Å². The van der Waals surface area contributed by atoms with E-state index in [0.29, 0.717) is 16.5 Å². The van der Waals surface area contributed by atoms with E-state index in [0.717, 1.165) is 17.7 Å². The highest BCUT2D eigenvalue weighted by atomic mass is 32.2. The lowest BCUT2D eigenvalue weighted by atomic mass is 10.1. The average Bonchev–Trinajstić information content (AvgIpc) is 3.11. The number of anilines is 1. The third-order valence-electron chi connectivity index (χ3n) is 3.89. The van der Waals surface area contributed by atoms with Crippen molar-refractivity contribution in [2.45, 2.75) is 11.0 Å². The molecule has 1 amide bonds. The van der Waals surface area contributed by atoms with Gasteiger partial charge in [0.15, 0.2) is 10.0 Å². The molecule has 2 aliphatic heterocycles. The van der Waals surface area contributed by atoms with Crippen molar-refractivity contribution in [3.05, 3.63) is 59.7 Å². The molecule has 0 radical (unpaired) electrons. The first-order valence-electron chi connectivity index (χ1n) is 7.28. The van der Waals surface area contributed by atoms with E-state index in [1.807, 2.05) is 18.2 Å². The number of fused-ring (bicyclic) bond motifs is 2. The summed E-state index contributed by atoms with van der Waals surface area (Å²) in [7, 11) is 0. The number of hydrogen-bond acceptors (Lipinski definition) is 4. The van der Waals surface area contributed by atoms with E-state index in [-0.39, 0.29) is 5.91 Å². The van der Waals surface area contributed by atoms with E-state index in [1.165, 1.54) is 23.9 Å². The van der Waals surface area contributed by atoms with Crippen LogP contribution in [-0.2, 0) is 15.8 Å². The summed E-state index contributed by atoms with van der Waals surface area (Å²) in [4.78, 5) is 15.6. The van der Waals surface area contributed by atoms with Gasteiger partial charge < -0.3 is 5.32 Å². The number of amides is 1. The Balaban J connectivity index is 1.61. The van der Waals surface area contributed by atoms with Crippen LogP contribution in [0.25, 0.3) is 0 Å². The Kier molecular flexibility index (Phi) is 3.51. The summed E-state index contributed by atoms with van der Waals surface area (Å²) in [6, 6.07) is 11.8. The van der Waals surface area contributed by atoms with Crippen molar-refractivity contribution in [2.24, 2.45) is 4.99 Å². The van der Waals surface area contributed by atoms with Gasteiger partial charge in [-0.2, -0.15) is 13.2 Å². The summed E-state index contributed by atoms with van der Waals surface area (Å²) < 4.78 is 37.8. The molecule has 128 valence electrons. The van der Waals surface area contributed by atoms with Gasteiger partial charge >= 0.3 is 6.18 Å². The molecule has 5 nitrogen and oxygen atoms in total. The highest BCUT2D eigenvalue weighted by Gasteiger charge is 2.52. The van der Waals surface area contributed by atoms with Gasteiger partial charge in [0.1, 0.15) is 0 Å². The highest BCUT2D eigenvalue weighted by Crippen LogP contribution is 2.46. The zero-order valence-electron chi connectivity index (χ0n) is 12.5. The van der Waals surface area contributed by atoms with Crippen molar-refractivity contribution in [1.29, 1.82) is 0 Å². The van der Waals surface area contributed by atoms with Crippen LogP contribution in [0, 0.1) is 0 Å². The van der Waals surface area contributed by atoms with Crippen LogP contribution >= 0.6 is 11.8 Å². The molecule has 2 aromatic rings. The molecule has 0 bridgehead atoms. The van der Waals surface area contributed by atoms with Gasteiger partial charge in [-0.05, 0) is 42.1 Å². The quantitative estimate of drug-likeness (QED) is 0.726. The maximum Gasteiger partial charge on any atom is 0.416 e. The standard InChI is InChI=1S/C16H11F3N4OS/c17-16(18,19)9-5-7-10(8-6-9)20-14-22-23-15(25-14)11-3-1-2-4-12(11)21-13(15)24/h1-8,23H,(H,20,22)(H,21,24). The van der Waals surface area contributed by atoms with Gasteiger partial charge in [-0.15, -0.1) is 0 Å². The summed E-state index contributed by atoms with van der Waals surface area (Å²) in [6.07, 6.45) is -4.39. The van der Waals surface area contributed by atoms with E-state index in [9.17, 15) is 18.0 Å². The molecule has 1 atom stereocenters. The minimum Gasteiger partial charge on any atom is -0.323 e. The Hall–Kier alpha value is -2.52. The zero-order chi connectivity index (χ0) is 17.7. The molecule has 1 fully saturated rings. The van der Waals surface area contributed by atoms with Crippen LogP contribution in [0.15, 0.2) is 53.5 Å². The second kappa shape index (κ2) is 5.50. The number of carbonyl (C=O) groups excluding carboxylic acids is 1. The number of halogens is 3. The van der Waals surface area contributed by atoms with E-state index < -0.39 is 16.6 Å². The van der Waals surface area contributed by atoms with Gasteiger partial charge in [-0.3, -0.25) is 10.2 Å². The normalized spacial score (nSPS) is 23.6. The van der Waals surface area contributed by atoms with Crippen molar-refractivity contribution in [3.8, 4) is 0 Å². The first-order valence-corrected chi connectivity index (χ1v) is 8.09. The van der Waals surface area contributed by atoms with Crippen LogP contribution in [0.2, 0.25) is 0 Å². The Morgan fingerprint density at radius 2 is 1.76 bits per heavy atom. The molecule has 0 saturated carbocycles. The van der Waals surface area contributed by atoms with E-state index in [4.69, 9.17) is 0 Å². The Bertz CT molecular complexity index is 882. The first kappa shape index (κ1) is 16.0. The third-order valence-corrected chi connectivity index (χ3v) is 5.10. The molecule has 0 aromatic heterocycles. The number of nitrogens with one attached hydrogen (secondary N) is 3. The number of alkyl halides is 3. The van der Waals surface area contributed by atoms with Crippen LogP contribution in [0.4, 0.5) is 24.5 Å². The minimum absolute atomic E-state index is 0.233. The van der Waals surface area contributed by atoms with Gasteiger partial charge in [-0.25, -0.2) is 10.4 Å². The maximum absolute atomic E-state index is 12.6. The molecule has 2 aliphatic rings. The number of rotatable bonds is 1. The number of benzene rings is 2. The zero-order valence-corrected chi connectivity index (χ0v) is 13.3. The lowest BCUT2D eigenvalue weighted by Crippen LogP contribution is -2.45. The van der Waals surface area contributed by atoms with Crippen molar-refractivity contribution in [1.82, 2.24) is 10.9 Å². The molecule has 25 heavy (non-hydrogen) atoms. The molecule has 3 N–H and O–H groups in total. The van der Waals surface area contributed by atoms with Gasteiger partial charge in [0, 0.05) is 11.3 Å². The van der Waals surface area contributed by atoms with Crippen molar-refractivity contribution in [2.75, 3.05) is 5.32 Å². The van der Waals surface area contributed by atoms with Crippen molar-refractivity contribution in [3.63, 3.8) is 0 Å². The summed E-state index contributed by atoms with van der Waals surface area (Å²) in [5.74, 6) is -0.233. The molecule has 9 heteroatoms. The van der Waals surface area contributed by atoms with Crippen LogP contribution in [0.1, 0.15) is 11.1 Å². The largest absolute Gasteiger partial charge is 0.416 e. The number of hydrazine groups is 1. The summed E-state index contributed by atoms with van der Waals surface area (Å²) >= 11 is 1.17. The smallest absolute Gasteiger partial charge is 0.323 e. The van der Waals surface area contributed by atoms with Crippen molar-refractivity contribution >= 4 is 34.2 Å². The molecule has 2 aromatic carbocycles. The van der Waals surface area contributed by atoms with Gasteiger partial charge in [0.2, 0.25) is 0 Å². The topological polar surface area (TPSA) is 65.5 Å². The third kappa shape index (κ3) is 2.65. The number of hydrogen-bond donors (Lipinski definition) is 3. The van der Waals surface area contributed by atoms with E-state index in [1.54, 1.807) is 6.07 Å². The summed E-state index contributed by atoms with van der Waals surface area (Å²) in [5.41, 5.74) is 6.88.